The first-order chi connectivity index (χ1) is 7.80. The minimum atomic E-state index is -0.557. The molecule has 98 valence electrons. The first kappa shape index (κ1) is 12.0. The molecular formula is C15H26O2. The van der Waals surface area contributed by atoms with E-state index in [2.05, 4.69) is 13.8 Å². The van der Waals surface area contributed by atoms with Crippen LogP contribution in [0.3, 0.4) is 0 Å². The van der Waals surface area contributed by atoms with Crippen molar-refractivity contribution in [2.45, 2.75) is 77.1 Å². The second-order valence-electron chi connectivity index (χ2n) is 7.50. The molecule has 3 fully saturated rings. The van der Waals surface area contributed by atoms with Crippen molar-refractivity contribution in [3.63, 3.8) is 0 Å². The zero-order valence-electron chi connectivity index (χ0n) is 11.6. The molecule has 0 aromatic heterocycles. The number of hydrogen-bond acceptors (Lipinski definition) is 2. The van der Waals surface area contributed by atoms with Crippen molar-refractivity contribution in [3.05, 3.63) is 0 Å². The van der Waals surface area contributed by atoms with Gasteiger partial charge in [-0.15, -0.1) is 0 Å². The summed E-state index contributed by atoms with van der Waals surface area (Å²) in [6, 6.07) is 0. The molecule has 17 heavy (non-hydrogen) atoms. The van der Waals surface area contributed by atoms with Crippen LogP contribution in [0.1, 0.15) is 59.8 Å². The molecule has 3 rings (SSSR count). The van der Waals surface area contributed by atoms with Crippen LogP contribution in [0.25, 0.3) is 0 Å². The number of rotatable bonds is 1. The molecule has 0 bridgehead atoms. The number of aliphatic hydroxyl groups is 1. The van der Waals surface area contributed by atoms with Gasteiger partial charge in [-0.2, -0.15) is 0 Å². The maximum atomic E-state index is 10.3. The van der Waals surface area contributed by atoms with E-state index in [0.717, 1.165) is 18.8 Å². The van der Waals surface area contributed by atoms with Crippen molar-refractivity contribution in [2.24, 2.45) is 17.3 Å². The normalized spacial score (nSPS) is 53.8. The Morgan fingerprint density at radius 2 is 2.06 bits per heavy atom. The van der Waals surface area contributed by atoms with Crippen LogP contribution in [-0.2, 0) is 4.74 Å². The van der Waals surface area contributed by atoms with Crippen molar-refractivity contribution in [3.8, 4) is 0 Å². The van der Waals surface area contributed by atoms with Crippen LogP contribution < -0.4 is 0 Å². The fourth-order valence-corrected chi connectivity index (χ4v) is 4.64. The van der Waals surface area contributed by atoms with E-state index in [1.165, 1.54) is 19.3 Å². The molecule has 5 atom stereocenters. The summed E-state index contributed by atoms with van der Waals surface area (Å²) in [7, 11) is 0. The molecule has 0 amide bonds. The average molecular weight is 238 g/mol. The molecule has 1 aliphatic heterocycles. The first-order valence-electron chi connectivity index (χ1n) is 7.20. The lowest BCUT2D eigenvalue weighted by Gasteiger charge is -2.51. The molecule has 0 radical (unpaired) electrons. The molecule has 2 aliphatic carbocycles. The molecule has 1 spiro atoms. The minimum absolute atomic E-state index is 0.187. The van der Waals surface area contributed by atoms with Crippen LogP contribution in [-0.4, -0.2) is 22.4 Å². The van der Waals surface area contributed by atoms with Crippen LogP contribution >= 0.6 is 0 Å². The van der Waals surface area contributed by atoms with E-state index < -0.39 is 5.60 Å². The fourth-order valence-electron chi connectivity index (χ4n) is 4.64. The van der Waals surface area contributed by atoms with Gasteiger partial charge in [0.1, 0.15) is 5.60 Å². The Hall–Kier alpha value is -0.0800. The fraction of sp³-hybridized carbons (Fsp3) is 1.00. The third-order valence-electron chi connectivity index (χ3n) is 6.22. The molecule has 2 saturated carbocycles. The highest BCUT2D eigenvalue weighted by Gasteiger charge is 2.72. The standard InChI is InChI=1S/C15H26O2/c1-10-6-5-7-15-12(17-15)8-11(13(2,3)16)9-14(10,15)4/h10-12,16H,5-9H2,1-4H3/t10-,11-,12+,14+,15+/m0/s1. The summed E-state index contributed by atoms with van der Waals surface area (Å²) in [4.78, 5) is 0. The van der Waals surface area contributed by atoms with Crippen LogP contribution in [0.4, 0.5) is 0 Å². The van der Waals surface area contributed by atoms with Crippen molar-refractivity contribution in [1.82, 2.24) is 0 Å². The Bertz CT molecular complexity index is 332. The summed E-state index contributed by atoms with van der Waals surface area (Å²) in [5.74, 6) is 1.13. The predicted molar refractivity (Wildman–Crippen MR) is 67.7 cm³/mol. The Kier molecular flexibility index (Phi) is 2.30. The van der Waals surface area contributed by atoms with Gasteiger partial charge >= 0.3 is 0 Å². The average Bonchev–Trinajstić information content (AvgIpc) is 2.90. The number of epoxide rings is 1. The van der Waals surface area contributed by atoms with Gasteiger partial charge in [0.15, 0.2) is 0 Å². The van der Waals surface area contributed by atoms with Gasteiger partial charge in [0, 0.05) is 5.41 Å². The molecular weight excluding hydrogens is 212 g/mol. The molecule has 2 nitrogen and oxygen atoms in total. The summed E-state index contributed by atoms with van der Waals surface area (Å²) in [5, 5.41) is 10.3. The lowest BCUT2D eigenvalue weighted by Crippen LogP contribution is -2.53. The van der Waals surface area contributed by atoms with Gasteiger partial charge < -0.3 is 9.84 Å². The highest BCUT2D eigenvalue weighted by molar-refractivity contribution is 5.20. The van der Waals surface area contributed by atoms with Crippen LogP contribution in [0.15, 0.2) is 0 Å². The maximum Gasteiger partial charge on any atom is 0.100 e. The molecule has 1 heterocycles. The molecule has 2 heteroatoms. The van der Waals surface area contributed by atoms with E-state index in [1.807, 2.05) is 13.8 Å². The van der Waals surface area contributed by atoms with Gasteiger partial charge in [-0.1, -0.05) is 20.3 Å². The Labute approximate surface area is 105 Å². The highest BCUT2D eigenvalue weighted by atomic mass is 16.6. The van der Waals surface area contributed by atoms with E-state index in [0.29, 0.717) is 17.4 Å². The lowest BCUT2D eigenvalue weighted by atomic mass is 9.52. The quantitative estimate of drug-likeness (QED) is 0.712. The molecule has 0 unspecified atom stereocenters. The van der Waals surface area contributed by atoms with Crippen LogP contribution in [0.5, 0.6) is 0 Å². The third-order valence-corrected chi connectivity index (χ3v) is 6.22. The van der Waals surface area contributed by atoms with Gasteiger partial charge in [-0.25, -0.2) is 0 Å². The van der Waals surface area contributed by atoms with Crippen molar-refractivity contribution >= 4 is 0 Å². The Morgan fingerprint density at radius 1 is 1.35 bits per heavy atom. The van der Waals surface area contributed by atoms with Gasteiger partial charge in [0.25, 0.3) is 0 Å². The van der Waals surface area contributed by atoms with E-state index in [9.17, 15) is 5.11 Å². The SMILES string of the molecule is C[C@H]1CCC[C@@]23O[C@@H]2C[C@H](C(C)(C)O)C[C@]13C. The molecule has 3 aliphatic rings. The Balaban J connectivity index is 1.90. The second-order valence-corrected chi connectivity index (χ2v) is 7.50. The van der Waals surface area contributed by atoms with Gasteiger partial charge in [0.05, 0.1) is 11.7 Å². The molecule has 0 aromatic carbocycles. The monoisotopic (exact) mass is 238 g/mol. The van der Waals surface area contributed by atoms with Gasteiger partial charge in [0.2, 0.25) is 0 Å². The smallest absolute Gasteiger partial charge is 0.100 e. The zero-order valence-corrected chi connectivity index (χ0v) is 11.6. The van der Waals surface area contributed by atoms with Crippen LogP contribution in [0.2, 0.25) is 0 Å². The summed E-state index contributed by atoms with van der Waals surface area (Å²) in [6.45, 7) is 8.72. The molecule has 0 aromatic rings. The first-order valence-corrected chi connectivity index (χ1v) is 7.20. The van der Waals surface area contributed by atoms with E-state index in [4.69, 9.17) is 4.74 Å². The van der Waals surface area contributed by atoms with E-state index in [1.54, 1.807) is 0 Å². The second kappa shape index (κ2) is 3.27. The van der Waals surface area contributed by atoms with Crippen molar-refractivity contribution in [2.75, 3.05) is 0 Å². The lowest BCUT2D eigenvalue weighted by molar-refractivity contribution is -0.0644. The predicted octanol–water partition coefficient (Wildman–Crippen LogP) is 3.13. The summed E-state index contributed by atoms with van der Waals surface area (Å²) < 4.78 is 6.16. The zero-order chi connectivity index (χ0) is 12.5. The Morgan fingerprint density at radius 3 is 2.71 bits per heavy atom. The van der Waals surface area contributed by atoms with E-state index >= 15 is 0 Å². The maximum absolute atomic E-state index is 10.3. The summed E-state index contributed by atoms with van der Waals surface area (Å²) in [5.41, 5.74) is -0.0798. The molecule has 1 saturated heterocycles. The minimum Gasteiger partial charge on any atom is -0.390 e. The summed E-state index contributed by atoms with van der Waals surface area (Å²) in [6.07, 6.45) is 6.52. The number of hydrogen-bond donors (Lipinski definition) is 1. The van der Waals surface area contributed by atoms with E-state index in [-0.39, 0.29) is 5.60 Å². The molecule has 1 N–H and O–H groups in total. The highest BCUT2D eigenvalue weighted by Crippen LogP contribution is 2.68. The van der Waals surface area contributed by atoms with Crippen molar-refractivity contribution in [1.29, 1.82) is 0 Å². The summed E-state index contributed by atoms with van der Waals surface area (Å²) >= 11 is 0. The van der Waals surface area contributed by atoms with Crippen molar-refractivity contribution < 1.29 is 9.84 Å². The topological polar surface area (TPSA) is 32.8 Å². The largest absolute Gasteiger partial charge is 0.390 e. The van der Waals surface area contributed by atoms with Gasteiger partial charge in [-0.05, 0) is 51.4 Å². The van der Waals surface area contributed by atoms with Gasteiger partial charge in [-0.3, -0.25) is 0 Å². The van der Waals surface area contributed by atoms with Crippen LogP contribution in [0, 0.1) is 17.3 Å². The third kappa shape index (κ3) is 1.46. The number of ether oxygens (including phenoxy) is 1.